The molecule has 0 radical (unpaired) electrons. The van der Waals surface area contributed by atoms with Gasteiger partial charge in [0.15, 0.2) is 5.13 Å². The Morgan fingerprint density at radius 3 is 2.46 bits per heavy atom. The predicted octanol–water partition coefficient (Wildman–Crippen LogP) is 4.51. The molecule has 1 fully saturated rings. The highest BCUT2D eigenvalue weighted by atomic mass is 79.9. The molecule has 2 amide bonds. The number of carbonyl (C=O) groups is 2. The van der Waals surface area contributed by atoms with Crippen molar-refractivity contribution in [1.29, 1.82) is 0 Å². The topological polar surface area (TPSA) is 71.1 Å². The minimum Gasteiger partial charge on any atom is -0.346 e. The lowest BCUT2D eigenvalue weighted by Gasteiger charge is -2.17. The van der Waals surface area contributed by atoms with Crippen LogP contribution in [0.2, 0.25) is 0 Å². The Morgan fingerprint density at radius 2 is 1.79 bits per heavy atom. The minimum atomic E-state index is -0.252. The molecule has 0 aliphatic heterocycles. The van der Waals surface area contributed by atoms with E-state index in [4.69, 9.17) is 0 Å². The molecule has 1 saturated carbocycles. The van der Waals surface area contributed by atoms with Crippen molar-refractivity contribution in [2.75, 3.05) is 5.32 Å². The first-order chi connectivity index (χ1) is 13.5. The molecule has 0 spiro atoms. The number of amides is 2. The molecule has 0 atom stereocenters. The van der Waals surface area contributed by atoms with E-state index in [1.54, 1.807) is 17.5 Å². The normalized spacial score (nSPS) is 14.3. The van der Waals surface area contributed by atoms with Gasteiger partial charge < -0.3 is 5.32 Å². The van der Waals surface area contributed by atoms with Crippen molar-refractivity contribution >= 4 is 44.2 Å². The third-order valence-electron chi connectivity index (χ3n) is 4.68. The lowest BCUT2D eigenvalue weighted by Crippen LogP contribution is -2.35. The van der Waals surface area contributed by atoms with Crippen LogP contribution < -0.4 is 10.6 Å². The molecule has 7 heteroatoms. The molecule has 28 heavy (non-hydrogen) atoms. The highest BCUT2D eigenvalue weighted by Gasteiger charge is 2.45. The Kier molecular flexibility index (Phi) is 5.28. The molecule has 2 aromatic carbocycles. The average Bonchev–Trinajstić information content (AvgIpc) is 3.34. The van der Waals surface area contributed by atoms with E-state index in [1.807, 2.05) is 42.5 Å². The van der Waals surface area contributed by atoms with Crippen molar-refractivity contribution in [3.05, 3.63) is 81.3 Å². The molecule has 3 aromatic rings. The van der Waals surface area contributed by atoms with E-state index in [9.17, 15) is 9.59 Å². The smallest absolute Gasteiger partial charge is 0.257 e. The number of hydrogen-bond acceptors (Lipinski definition) is 4. The number of benzene rings is 2. The summed E-state index contributed by atoms with van der Waals surface area (Å²) in [5.41, 5.74) is 2.09. The maximum Gasteiger partial charge on any atom is 0.257 e. The van der Waals surface area contributed by atoms with Crippen molar-refractivity contribution in [2.45, 2.75) is 24.8 Å². The summed E-state index contributed by atoms with van der Waals surface area (Å²) in [5.74, 6) is -0.273. The summed E-state index contributed by atoms with van der Waals surface area (Å²) < 4.78 is 1.02. The number of halogens is 1. The van der Waals surface area contributed by atoms with Gasteiger partial charge in [-0.25, -0.2) is 4.98 Å². The number of nitrogens with zero attached hydrogens (tertiary/aromatic N) is 1. The van der Waals surface area contributed by atoms with Crippen LogP contribution >= 0.6 is 27.3 Å². The third kappa shape index (κ3) is 4.31. The quantitative estimate of drug-likeness (QED) is 0.574. The number of aromatic nitrogens is 1. The van der Waals surface area contributed by atoms with Gasteiger partial charge in [0.1, 0.15) is 0 Å². The molecule has 5 nitrogen and oxygen atoms in total. The molecule has 0 bridgehead atoms. The second-order valence-corrected chi connectivity index (χ2v) is 8.55. The highest BCUT2D eigenvalue weighted by Crippen LogP contribution is 2.45. The maximum atomic E-state index is 12.5. The monoisotopic (exact) mass is 455 g/mol. The summed E-state index contributed by atoms with van der Waals surface area (Å²) in [5, 5.41) is 8.22. The highest BCUT2D eigenvalue weighted by molar-refractivity contribution is 9.10. The molecule has 1 aliphatic carbocycles. The van der Waals surface area contributed by atoms with Crippen LogP contribution in [0.25, 0.3) is 0 Å². The van der Waals surface area contributed by atoms with Gasteiger partial charge in [-0.2, -0.15) is 0 Å². The van der Waals surface area contributed by atoms with Crippen LogP contribution in [0.1, 0.15) is 34.5 Å². The molecule has 142 valence electrons. The van der Waals surface area contributed by atoms with Gasteiger partial charge >= 0.3 is 0 Å². The molecule has 4 rings (SSSR count). The van der Waals surface area contributed by atoms with Crippen molar-refractivity contribution in [3.8, 4) is 0 Å². The van der Waals surface area contributed by atoms with E-state index in [0.29, 0.717) is 16.4 Å². The van der Waals surface area contributed by atoms with Gasteiger partial charge in [-0.05, 0) is 42.7 Å². The van der Waals surface area contributed by atoms with Gasteiger partial charge in [0.05, 0.1) is 17.7 Å². The summed E-state index contributed by atoms with van der Waals surface area (Å²) in [6.07, 6.45) is 2.07. The number of thiazole rings is 1. The molecule has 1 aromatic heterocycles. The second kappa shape index (κ2) is 7.85. The fraction of sp³-hybridized carbons (Fsp3) is 0.190. The van der Waals surface area contributed by atoms with E-state index in [1.165, 1.54) is 11.3 Å². The zero-order valence-corrected chi connectivity index (χ0v) is 17.3. The predicted molar refractivity (Wildman–Crippen MR) is 113 cm³/mol. The van der Waals surface area contributed by atoms with E-state index < -0.39 is 0 Å². The average molecular weight is 456 g/mol. The second-order valence-electron chi connectivity index (χ2n) is 6.78. The lowest BCUT2D eigenvalue weighted by atomic mass is 10.0. The summed E-state index contributed by atoms with van der Waals surface area (Å²) in [4.78, 5) is 29.1. The van der Waals surface area contributed by atoms with Crippen molar-refractivity contribution in [3.63, 3.8) is 0 Å². The van der Waals surface area contributed by atoms with Gasteiger partial charge in [-0.3, -0.25) is 14.9 Å². The minimum absolute atomic E-state index is 0.0633. The van der Waals surface area contributed by atoms with E-state index in [2.05, 4.69) is 31.5 Å². The first-order valence-corrected chi connectivity index (χ1v) is 10.6. The van der Waals surface area contributed by atoms with E-state index in [-0.39, 0.29) is 23.8 Å². The summed E-state index contributed by atoms with van der Waals surface area (Å²) in [7, 11) is 0. The molecule has 0 saturated heterocycles. The number of anilines is 1. The summed E-state index contributed by atoms with van der Waals surface area (Å²) in [6.45, 7) is 0. The Hall–Kier alpha value is -2.51. The van der Waals surface area contributed by atoms with Crippen LogP contribution in [0.3, 0.4) is 0 Å². The third-order valence-corrected chi connectivity index (χ3v) is 6.01. The lowest BCUT2D eigenvalue weighted by molar-refractivity contribution is -0.121. The molecule has 1 heterocycles. The molecular weight excluding hydrogens is 438 g/mol. The van der Waals surface area contributed by atoms with Crippen LogP contribution in [0.4, 0.5) is 5.13 Å². The van der Waals surface area contributed by atoms with Gasteiger partial charge in [-0.1, -0.05) is 46.3 Å². The molecule has 2 N–H and O–H groups in total. The van der Waals surface area contributed by atoms with Crippen LogP contribution in [0.15, 0.2) is 64.5 Å². The Labute approximate surface area is 175 Å². The SMILES string of the molecule is O=C(Cc1csc(NC(=O)c2ccccc2)n1)NC1(c2ccc(Br)cc2)CC1. The maximum absolute atomic E-state index is 12.5. The fourth-order valence-electron chi connectivity index (χ4n) is 3.06. The number of rotatable bonds is 6. The summed E-state index contributed by atoms with van der Waals surface area (Å²) in [6, 6.07) is 17.0. The molecule has 1 aliphatic rings. The van der Waals surface area contributed by atoms with Crippen LogP contribution in [-0.4, -0.2) is 16.8 Å². The number of hydrogen-bond donors (Lipinski definition) is 2. The standard InChI is InChI=1S/C21H18BrN3O2S/c22-16-8-6-15(7-9-16)21(10-11-21)25-18(26)12-17-13-28-20(23-17)24-19(27)14-4-2-1-3-5-14/h1-9,13H,10-12H2,(H,25,26)(H,23,24,27). The van der Waals surface area contributed by atoms with Crippen LogP contribution in [-0.2, 0) is 16.8 Å². The number of carbonyl (C=O) groups excluding carboxylic acids is 2. The molecule has 0 unspecified atom stereocenters. The first kappa shape index (κ1) is 18.8. The van der Waals surface area contributed by atoms with E-state index in [0.717, 1.165) is 22.9 Å². The Morgan fingerprint density at radius 1 is 1.07 bits per heavy atom. The fourth-order valence-corrected chi connectivity index (χ4v) is 4.03. The summed E-state index contributed by atoms with van der Waals surface area (Å²) >= 11 is 4.76. The van der Waals surface area contributed by atoms with Gasteiger partial charge in [0, 0.05) is 15.4 Å². The van der Waals surface area contributed by atoms with Crippen molar-refractivity contribution in [2.24, 2.45) is 0 Å². The number of nitrogens with one attached hydrogen (secondary N) is 2. The van der Waals surface area contributed by atoms with Gasteiger partial charge in [0.25, 0.3) is 5.91 Å². The zero-order valence-electron chi connectivity index (χ0n) is 14.9. The van der Waals surface area contributed by atoms with Crippen molar-refractivity contribution in [1.82, 2.24) is 10.3 Å². The van der Waals surface area contributed by atoms with Crippen LogP contribution in [0, 0.1) is 0 Å². The zero-order chi connectivity index (χ0) is 19.6. The Bertz CT molecular complexity index is 998. The van der Waals surface area contributed by atoms with Crippen LogP contribution in [0.5, 0.6) is 0 Å². The van der Waals surface area contributed by atoms with Gasteiger partial charge in [-0.15, -0.1) is 11.3 Å². The van der Waals surface area contributed by atoms with Gasteiger partial charge in [0.2, 0.25) is 5.91 Å². The van der Waals surface area contributed by atoms with E-state index >= 15 is 0 Å². The largest absolute Gasteiger partial charge is 0.346 e. The first-order valence-electron chi connectivity index (χ1n) is 8.92. The molecular formula is C21H18BrN3O2S. The Balaban J connectivity index is 1.35. The van der Waals surface area contributed by atoms with Crippen molar-refractivity contribution < 1.29 is 9.59 Å².